The van der Waals surface area contributed by atoms with Crippen LogP contribution in [-0.2, 0) is 19.5 Å². The summed E-state index contributed by atoms with van der Waals surface area (Å²) in [4.78, 5) is 21.9. The molecule has 2 aromatic carbocycles. The normalized spacial score (nSPS) is 11.5. The third kappa shape index (κ3) is 3.78. The molecule has 0 spiro atoms. The zero-order chi connectivity index (χ0) is 23.1. The minimum Gasteiger partial charge on any atom is -0.461 e. The van der Waals surface area contributed by atoms with E-state index in [4.69, 9.17) is 16.0 Å². The summed E-state index contributed by atoms with van der Waals surface area (Å²) in [7, 11) is 0. The summed E-state index contributed by atoms with van der Waals surface area (Å²) in [5.41, 5.74) is 4.58. The van der Waals surface area contributed by atoms with Crippen molar-refractivity contribution in [1.82, 2.24) is 19.1 Å². The lowest BCUT2D eigenvalue weighted by Gasteiger charge is -2.15. The largest absolute Gasteiger partial charge is 0.461 e. The summed E-state index contributed by atoms with van der Waals surface area (Å²) in [6, 6.07) is 13.5. The Kier molecular flexibility index (Phi) is 5.42. The Morgan fingerprint density at radius 1 is 1.12 bits per heavy atom. The number of halogens is 1. The van der Waals surface area contributed by atoms with Crippen LogP contribution in [0, 0.1) is 6.92 Å². The van der Waals surface area contributed by atoms with Crippen molar-refractivity contribution in [2.75, 3.05) is 5.32 Å². The first-order valence-electron chi connectivity index (χ1n) is 11.0. The van der Waals surface area contributed by atoms with Crippen molar-refractivity contribution < 1.29 is 4.42 Å². The molecule has 0 aliphatic heterocycles. The number of anilines is 2. The van der Waals surface area contributed by atoms with Crippen molar-refractivity contribution in [3.8, 4) is 0 Å². The fourth-order valence-corrected chi connectivity index (χ4v) is 4.30. The predicted molar refractivity (Wildman–Crippen MR) is 132 cm³/mol. The van der Waals surface area contributed by atoms with Crippen molar-refractivity contribution in [3.63, 3.8) is 0 Å². The van der Waals surface area contributed by atoms with Crippen LogP contribution >= 0.6 is 11.6 Å². The summed E-state index contributed by atoms with van der Waals surface area (Å²) >= 11 is 6.07. The van der Waals surface area contributed by atoms with Gasteiger partial charge in [-0.25, -0.2) is 4.98 Å². The number of imidazole rings is 1. The van der Waals surface area contributed by atoms with Gasteiger partial charge >= 0.3 is 5.56 Å². The monoisotopic (exact) mass is 461 g/mol. The molecule has 1 N–H and O–H groups in total. The molecule has 0 aliphatic rings. The Morgan fingerprint density at radius 2 is 1.91 bits per heavy atom. The molecular formula is C25H24ClN5O2. The number of rotatable bonds is 6. The van der Waals surface area contributed by atoms with Crippen LogP contribution < -0.4 is 10.9 Å². The van der Waals surface area contributed by atoms with Gasteiger partial charge in [-0.3, -0.25) is 9.36 Å². The molecule has 0 aliphatic carbocycles. The van der Waals surface area contributed by atoms with Gasteiger partial charge in [0, 0.05) is 29.1 Å². The number of furan rings is 1. The average molecular weight is 462 g/mol. The zero-order valence-electron chi connectivity index (χ0n) is 18.7. The van der Waals surface area contributed by atoms with Crippen LogP contribution in [0.5, 0.6) is 0 Å². The second-order valence-electron chi connectivity index (χ2n) is 8.00. The van der Waals surface area contributed by atoms with Gasteiger partial charge in [-0.15, -0.1) is 0 Å². The maximum atomic E-state index is 12.9. The zero-order valence-corrected chi connectivity index (χ0v) is 19.5. The standard InChI is InChI=1S/C25H24ClN5O2/c1-4-20-15(3)19-12-18(10-11-21(19)33-20)28-25-29-24(32)22-23(27-14-30(22)5-2)31(25)13-16-6-8-17(26)9-7-16/h6-12,14H,4-5,13H2,1-3H3,(H,28,29,32). The maximum Gasteiger partial charge on any atom is 0.300 e. The molecule has 0 bridgehead atoms. The summed E-state index contributed by atoms with van der Waals surface area (Å²) < 4.78 is 9.68. The van der Waals surface area contributed by atoms with E-state index in [1.165, 1.54) is 0 Å². The molecule has 0 atom stereocenters. The molecular weight excluding hydrogens is 438 g/mol. The molecule has 33 heavy (non-hydrogen) atoms. The Labute approximate surface area is 195 Å². The minimum atomic E-state index is -0.312. The summed E-state index contributed by atoms with van der Waals surface area (Å²) in [5, 5.41) is 5.06. The van der Waals surface area contributed by atoms with Crippen LogP contribution in [0.1, 0.15) is 30.7 Å². The topological polar surface area (TPSA) is 77.9 Å². The minimum absolute atomic E-state index is 0.312. The molecule has 5 aromatic rings. The van der Waals surface area contributed by atoms with E-state index >= 15 is 0 Å². The second-order valence-corrected chi connectivity index (χ2v) is 8.43. The second kappa shape index (κ2) is 8.41. The van der Waals surface area contributed by atoms with Crippen molar-refractivity contribution >= 4 is 45.4 Å². The van der Waals surface area contributed by atoms with E-state index in [0.29, 0.717) is 35.2 Å². The molecule has 7 nitrogen and oxygen atoms in total. The Bertz CT molecular complexity index is 1530. The fourth-order valence-electron chi connectivity index (χ4n) is 4.17. The van der Waals surface area contributed by atoms with Crippen LogP contribution in [0.25, 0.3) is 22.1 Å². The number of hydrogen-bond acceptors (Lipinski definition) is 5. The molecule has 3 heterocycles. The highest BCUT2D eigenvalue weighted by atomic mass is 35.5. The number of aryl methyl sites for hydroxylation is 3. The Morgan fingerprint density at radius 3 is 2.64 bits per heavy atom. The van der Waals surface area contributed by atoms with Crippen molar-refractivity contribution in [3.05, 3.63) is 81.1 Å². The van der Waals surface area contributed by atoms with Gasteiger partial charge in [0.25, 0.3) is 0 Å². The van der Waals surface area contributed by atoms with E-state index in [0.717, 1.165) is 40.0 Å². The Hall–Kier alpha value is -3.58. The van der Waals surface area contributed by atoms with Gasteiger partial charge in [0.05, 0.1) is 12.9 Å². The quantitative estimate of drug-likeness (QED) is 0.352. The third-order valence-electron chi connectivity index (χ3n) is 5.95. The molecule has 0 amide bonds. The van der Waals surface area contributed by atoms with Crippen LogP contribution in [0.2, 0.25) is 5.02 Å². The maximum absolute atomic E-state index is 12.9. The van der Waals surface area contributed by atoms with Crippen LogP contribution in [0.3, 0.4) is 0 Å². The molecule has 0 unspecified atom stereocenters. The smallest absolute Gasteiger partial charge is 0.300 e. The number of hydrogen-bond donors (Lipinski definition) is 1. The van der Waals surface area contributed by atoms with E-state index in [1.807, 2.05) is 58.5 Å². The highest BCUT2D eigenvalue weighted by Gasteiger charge is 2.17. The first kappa shape index (κ1) is 21.3. The highest BCUT2D eigenvalue weighted by molar-refractivity contribution is 6.30. The van der Waals surface area contributed by atoms with Gasteiger partial charge < -0.3 is 14.3 Å². The molecule has 0 radical (unpaired) electrons. The van der Waals surface area contributed by atoms with Gasteiger partial charge in [0.2, 0.25) is 5.95 Å². The lowest BCUT2D eigenvalue weighted by molar-refractivity contribution is 0.553. The highest BCUT2D eigenvalue weighted by Crippen LogP contribution is 2.29. The number of benzene rings is 2. The lowest BCUT2D eigenvalue weighted by atomic mass is 10.1. The summed E-state index contributed by atoms with van der Waals surface area (Å²) in [6.45, 7) is 7.23. The van der Waals surface area contributed by atoms with Crippen molar-refractivity contribution in [2.24, 2.45) is 0 Å². The van der Waals surface area contributed by atoms with E-state index in [1.54, 1.807) is 6.33 Å². The van der Waals surface area contributed by atoms with Gasteiger partial charge in [-0.05, 0) is 55.3 Å². The van der Waals surface area contributed by atoms with E-state index < -0.39 is 0 Å². The van der Waals surface area contributed by atoms with Crippen LogP contribution in [-0.4, -0.2) is 19.1 Å². The lowest BCUT2D eigenvalue weighted by Crippen LogP contribution is -2.20. The van der Waals surface area contributed by atoms with Gasteiger partial charge in [-0.1, -0.05) is 30.7 Å². The molecule has 8 heteroatoms. The van der Waals surface area contributed by atoms with E-state index in [-0.39, 0.29) is 5.56 Å². The van der Waals surface area contributed by atoms with Crippen LogP contribution in [0.4, 0.5) is 11.6 Å². The molecule has 5 rings (SSSR count). The summed E-state index contributed by atoms with van der Waals surface area (Å²) in [5.74, 6) is 1.41. The first-order valence-corrected chi connectivity index (χ1v) is 11.4. The number of fused-ring (bicyclic) bond motifs is 2. The first-order chi connectivity index (χ1) is 16.0. The van der Waals surface area contributed by atoms with Crippen molar-refractivity contribution in [2.45, 2.75) is 40.3 Å². The van der Waals surface area contributed by atoms with Gasteiger partial charge in [0.1, 0.15) is 11.3 Å². The van der Waals surface area contributed by atoms with Gasteiger partial charge in [0.15, 0.2) is 11.2 Å². The SMILES string of the molecule is CCc1oc2ccc(Nc3nc(=O)c4c(ncn4CC)n3Cc3ccc(Cl)cc3)cc2c1C. The van der Waals surface area contributed by atoms with E-state index in [2.05, 4.69) is 29.1 Å². The third-order valence-corrected chi connectivity index (χ3v) is 6.20. The predicted octanol–water partition coefficient (Wildman–Crippen LogP) is 5.68. The number of nitrogens with one attached hydrogen (secondary N) is 1. The van der Waals surface area contributed by atoms with Crippen LogP contribution in [0.15, 0.2) is 58.0 Å². The molecule has 0 saturated heterocycles. The number of aromatic nitrogens is 4. The molecule has 0 saturated carbocycles. The molecule has 0 fully saturated rings. The van der Waals surface area contributed by atoms with Gasteiger partial charge in [-0.2, -0.15) is 4.98 Å². The molecule has 3 aromatic heterocycles. The Balaban J connectivity index is 1.63. The van der Waals surface area contributed by atoms with Crippen molar-refractivity contribution in [1.29, 1.82) is 0 Å². The summed E-state index contributed by atoms with van der Waals surface area (Å²) in [6.07, 6.45) is 2.52. The fraction of sp³-hybridized carbons (Fsp3) is 0.240. The number of nitrogens with zero attached hydrogens (tertiary/aromatic N) is 4. The molecule has 168 valence electrons. The average Bonchev–Trinajstić information content (AvgIpc) is 3.39. The van der Waals surface area contributed by atoms with E-state index in [9.17, 15) is 4.79 Å².